The second-order valence-corrected chi connectivity index (χ2v) is 13.6. The minimum atomic E-state index is -2.64. The Morgan fingerprint density at radius 1 is 1.03 bits per heavy atom. The predicted molar refractivity (Wildman–Crippen MR) is 168 cm³/mol. The van der Waals surface area contributed by atoms with Gasteiger partial charge in [0.1, 0.15) is 5.76 Å². The van der Waals surface area contributed by atoms with E-state index >= 15 is 0 Å². The van der Waals surface area contributed by atoms with Crippen LogP contribution < -0.4 is 5.32 Å². The van der Waals surface area contributed by atoms with E-state index in [4.69, 9.17) is 23.2 Å². The average molecular weight is 680 g/mol. The zero-order valence-electron chi connectivity index (χ0n) is 20.5. The number of rotatable bonds is 9. The van der Waals surface area contributed by atoms with Crippen LogP contribution in [0.3, 0.4) is 0 Å². The molecule has 0 aliphatic heterocycles. The number of hydrogen-bond donors (Lipinski definition) is 3. The molecule has 0 spiro atoms. The van der Waals surface area contributed by atoms with Crippen molar-refractivity contribution in [3.05, 3.63) is 126 Å². The molecule has 0 saturated heterocycles. The summed E-state index contributed by atoms with van der Waals surface area (Å²) in [7, 11) is -2.64. The first-order valence-electron chi connectivity index (χ1n) is 11.9. The highest BCUT2D eigenvalue weighted by atomic mass is 127. The molecule has 0 heterocycles. The third-order valence-electron chi connectivity index (χ3n) is 6.19. The Kier molecular flexibility index (Phi) is 9.59. The Morgan fingerprint density at radius 2 is 1.61 bits per heavy atom. The third kappa shape index (κ3) is 7.21. The van der Waals surface area contributed by atoms with Crippen molar-refractivity contribution in [2.24, 2.45) is 0 Å². The van der Waals surface area contributed by atoms with E-state index in [1.807, 2.05) is 71.0 Å². The molecule has 3 aromatic rings. The summed E-state index contributed by atoms with van der Waals surface area (Å²) >= 11 is 14.9. The first kappa shape index (κ1) is 28.7. The van der Waals surface area contributed by atoms with Crippen LogP contribution in [0.15, 0.2) is 101 Å². The fourth-order valence-electron chi connectivity index (χ4n) is 4.07. The predicted octanol–water partition coefficient (Wildman–Crippen LogP) is 7.39. The number of hydrogen-bond acceptors (Lipinski definition) is 3. The van der Waals surface area contributed by atoms with Crippen molar-refractivity contribution in [3.63, 3.8) is 0 Å². The summed E-state index contributed by atoms with van der Waals surface area (Å²) in [4.78, 5) is 13.1. The molecule has 0 bridgehead atoms. The van der Waals surface area contributed by atoms with Crippen LogP contribution in [0.4, 0.5) is 0 Å². The van der Waals surface area contributed by atoms with E-state index in [-0.39, 0.29) is 16.7 Å². The summed E-state index contributed by atoms with van der Waals surface area (Å²) in [6.07, 6.45) is 1.89. The highest BCUT2D eigenvalue weighted by molar-refractivity contribution is 14.1. The SMILES string of the molecule is C=S(=N)(C1=C(O)C(Cl)=CC(Cl)C1)N(Cc1ccc(I)cc1)Cc1ccc(C(=O)NCc2ccccc2)cc1. The van der Waals surface area contributed by atoms with E-state index in [1.165, 1.54) is 0 Å². The minimum absolute atomic E-state index is 0.110. The van der Waals surface area contributed by atoms with E-state index < -0.39 is 15.0 Å². The number of nitrogens with one attached hydrogen (secondary N) is 2. The maximum Gasteiger partial charge on any atom is 0.251 e. The number of alkyl halides is 1. The molecule has 1 aliphatic carbocycles. The molecule has 198 valence electrons. The fourth-order valence-corrected chi connectivity index (χ4v) is 7.13. The number of carbonyl (C=O) groups excluding carboxylic acids is 1. The van der Waals surface area contributed by atoms with Gasteiger partial charge >= 0.3 is 0 Å². The van der Waals surface area contributed by atoms with Crippen molar-refractivity contribution in [1.82, 2.24) is 9.62 Å². The van der Waals surface area contributed by atoms with Gasteiger partial charge in [-0.15, -0.1) is 11.6 Å². The van der Waals surface area contributed by atoms with Gasteiger partial charge in [0.05, 0.1) is 10.4 Å². The highest BCUT2D eigenvalue weighted by Gasteiger charge is 2.28. The fraction of sp³-hybridized carbons (Fsp3) is 0.172. The van der Waals surface area contributed by atoms with Crippen molar-refractivity contribution < 1.29 is 9.90 Å². The van der Waals surface area contributed by atoms with E-state index in [9.17, 15) is 14.7 Å². The van der Waals surface area contributed by atoms with Crippen LogP contribution in [0.2, 0.25) is 0 Å². The van der Waals surface area contributed by atoms with Crippen LogP contribution >= 0.6 is 45.8 Å². The molecule has 0 saturated carbocycles. The Morgan fingerprint density at radius 3 is 2.21 bits per heavy atom. The molecule has 1 amide bonds. The molecular formula is C29H28Cl2IN3O2S. The molecule has 3 N–H and O–H groups in total. The number of amides is 1. The van der Waals surface area contributed by atoms with Gasteiger partial charge in [0.2, 0.25) is 0 Å². The lowest BCUT2D eigenvalue weighted by atomic mass is 10.1. The van der Waals surface area contributed by atoms with Crippen molar-refractivity contribution in [3.8, 4) is 0 Å². The quantitative estimate of drug-likeness (QED) is 0.125. The number of nitrogens with zero attached hydrogens (tertiary/aromatic N) is 1. The summed E-state index contributed by atoms with van der Waals surface area (Å²) in [5.74, 6) is 4.01. The molecule has 3 aromatic carbocycles. The molecule has 4 rings (SSSR count). The first-order chi connectivity index (χ1) is 18.1. The Bertz CT molecular complexity index is 1460. The topological polar surface area (TPSA) is 76.4 Å². The standard InChI is InChI=1S/C29H28Cl2IN3O2S/c1-38(33,27-16-24(30)15-26(31)28(27)36)35(19-22-9-13-25(32)14-10-22)18-21-7-11-23(12-8-21)29(37)34-17-20-5-3-2-4-6-20/h2-15,24,33,36H,1,16-19H2,(H,34,37). The molecular weight excluding hydrogens is 652 g/mol. The van der Waals surface area contributed by atoms with Crippen molar-refractivity contribution >= 4 is 67.2 Å². The van der Waals surface area contributed by atoms with Crippen LogP contribution in [0, 0.1) is 8.35 Å². The van der Waals surface area contributed by atoms with Crippen LogP contribution in [-0.2, 0) is 29.2 Å². The van der Waals surface area contributed by atoms with Gasteiger partial charge in [-0.3, -0.25) is 9.57 Å². The van der Waals surface area contributed by atoms with Gasteiger partial charge in [0.25, 0.3) is 5.91 Å². The van der Waals surface area contributed by atoms with Crippen LogP contribution in [0.5, 0.6) is 0 Å². The van der Waals surface area contributed by atoms with Gasteiger partial charge in [-0.25, -0.2) is 4.31 Å². The number of carbonyl (C=O) groups is 1. The Balaban J connectivity index is 1.56. The van der Waals surface area contributed by atoms with Gasteiger partial charge < -0.3 is 10.4 Å². The molecule has 0 fully saturated rings. The second-order valence-electron chi connectivity index (χ2n) is 9.00. The number of aliphatic hydroxyl groups excluding tert-OH is 1. The van der Waals surface area contributed by atoms with Gasteiger partial charge in [0, 0.05) is 40.1 Å². The number of halogens is 3. The Labute approximate surface area is 247 Å². The van der Waals surface area contributed by atoms with E-state index in [2.05, 4.69) is 33.8 Å². The molecule has 9 heteroatoms. The van der Waals surface area contributed by atoms with Crippen LogP contribution in [0.1, 0.15) is 33.5 Å². The van der Waals surface area contributed by atoms with Crippen molar-refractivity contribution in [2.45, 2.75) is 31.4 Å². The van der Waals surface area contributed by atoms with Gasteiger partial charge in [0.15, 0.2) is 0 Å². The van der Waals surface area contributed by atoms with Crippen LogP contribution in [-0.4, -0.2) is 26.6 Å². The van der Waals surface area contributed by atoms with E-state index in [0.717, 1.165) is 20.3 Å². The molecule has 2 atom stereocenters. The summed E-state index contributed by atoms with van der Waals surface area (Å²) in [5.41, 5.74) is 3.53. The Hall–Kier alpha value is -2.30. The smallest absolute Gasteiger partial charge is 0.251 e. The molecule has 1 aliphatic rings. The van der Waals surface area contributed by atoms with Crippen LogP contribution in [0.25, 0.3) is 0 Å². The van der Waals surface area contributed by atoms with Gasteiger partial charge in [-0.05, 0) is 75.5 Å². The lowest BCUT2D eigenvalue weighted by Gasteiger charge is -2.33. The van der Waals surface area contributed by atoms with E-state index in [0.29, 0.717) is 36.5 Å². The van der Waals surface area contributed by atoms with Crippen molar-refractivity contribution in [2.75, 3.05) is 0 Å². The normalized spacial score (nSPS) is 17.2. The molecule has 5 nitrogen and oxygen atoms in total. The minimum Gasteiger partial charge on any atom is -0.506 e. The maximum absolute atomic E-state index is 12.7. The third-order valence-corrected chi connectivity index (χ3v) is 9.81. The molecule has 38 heavy (non-hydrogen) atoms. The lowest BCUT2D eigenvalue weighted by molar-refractivity contribution is 0.0951. The molecule has 0 aromatic heterocycles. The monoisotopic (exact) mass is 679 g/mol. The maximum atomic E-state index is 12.7. The molecule has 2 unspecified atom stereocenters. The lowest BCUT2D eigenvalue weighted by Crippen LogP contribution is -2.32. The summed E-state index contributed by atoms with van der Waals surface area (Å²) in [6.45, 7) is 1.30. The molecule has 0 radical (unpaired) electrons. The number of aliphatic hydroxyl groups is 1. The summed E-state index contributed by atoms with van der Waals surface area (Å²) < 4.78 is 12.4. The van der Waals surface area contributed by atoms with Gasteiger partial charge in [-0.2, -0.15) is 0 Å². The zero-order valence-corrected chi connectivity index (χ0v) is 25.0. The largest absolute Gasteiger partial charge is 0.506 e. The average Bonchev–Trinajstić information content (AvgIpc) is 2.91. The van der Waals surface area contributed by atoms with Gasteiger partial charge in [-0.1, -0.05) is 75.8 Å². The highest BCUT2D eigenvalue weighted by Crippen LogP contribution is 2.35. The van der Waals surface area contributed by atoms with E-state index in [1.54, 1.807) is 18.2 Å². The summed E-state index contributed by atoms with van der Waals surface area (Å²) in [5, 5.41) is 13.4. The number of benzene rings is 3. The summed E-state index contributed by atoms with van der Waals surface area (Å²) in [6, 6.07) is 25.2. The first-order valence-corrected chi connectivity index (χ1v) is 15.5. The number of allylic oxidation sites excluding steroid dienone is 3. The zero-order chi connectivity index (χ0) is 27.3. The second kappa shape index (κ2) is 12.7. The van der Waals surface area contributed by atoms with Crippen molar-refractivity contribution in [1.29, 1.82) is 4.78 Å².